The van der Waals surface area contributed by atoms with E-state index in [0.29, 0.717) is 28.5 Å². The zero-order chi connectivity index (χ0) is 23.8. The average molecular weight is 470 g/mol. The van der Waals surface area contributed by atoms with Gasteiger partial charge in [-0.15, -0.1) is 0 Å². The van der Waals surface area contributed by atoms with Gasteiger partial charge in [-0.05, 0) is 37.8 Å². The monoisotopic (exact) mass is 469 g/mol. The van der Waals surface area contributed by atoms with Crippen molar-refractivity contribution in [1.29, 1.82) is 0 Å². The van der Waals surface area contributed by atoms with Crippen LogP contribution in [-0.4, -0.2) is 82.3 Å². The van der Waals surface area contributed by atoms with Gasteiger partial charge in [-0.1, -0.05) is 0 Å². The van der Waals surface area contributed by atoms with Crippen LogP contribution in [0.1, 0.15) is 36.0 Å². The second-order valence-electron chi connectivity index (χ2n) is 8.89. The summed E-state index contributed by atoms with van der Waals surface area (Å²) in [4.78, 5) is 19.6. The second kappa shape index (κ2) is 9.24. The van der Waals surface area contributed by atoms with Crippen molar-refractivity contribution in [3.05, 3.63) is 41.9 Å². The molecule has 0 spiro atoms. The number of aliphatic hydroxyl groups is 1. The van der Waals surface area contributed by atoms with Gasteiger partial charge in [0.05, 0.1) is 30.1 Å². The predicted octanol–water partition coefficient (Wildman–Crippen LogP) is 1.30. The Kier molecular flexibility index (Phi) is 6.15. The van der Waals surface area contributed by atoms with E-state index in [1.807, 2.05) is 23.3 Å². The number of nitrogens with one attached hydrogen (secondary N) is 3. The molecule has 0 radical (unpaired) electrons. The van der Waals surface area contributed by atoms with Crippen LogP contribution in [-0.2, 0) is 9.47 Å². The maximum atomic E-state index is 13.0. The van der Waals surface area contributed by atoms with Crippen LogP contribution in [0.3, 0.4) is 0 Å². The first-order valence-corrected chi connectivity index (χ1v) is 11.6. The minimum Gasteiger partial charge on any atom is -0.381 e. The standard InChI is InChI=1S/C23H31N7O4/c1-24-20-11-19(26-17-5-4-8-29(23(17)32)13-9-14(10-13)33-2)28-21-15(12-25-30(20)21)22(31)27-16-6-7-18(16)34-3/h4-5,8,11-14,16,18,23-24,32H,6-7,9-10H2,1-3H3,(H,26,28)(H,27,31)/t13-,14-,16-,18-,23?/m0/s1. The topological polar surface area (TPSA) is 125 Å². The Morgan fingerprint density at radius 1 is 1.24 bits per heavy atom. The van der Waals surface area contributed by atoms with Gasteiger partial charge in [0.25, 0.3) is 5.91 Å². The highest BCUT2D eigenvalue weighted by atomic mass is 16.5. The minimum atomic E-state index is -0.832. The summed E-state index contributed by atoms with van der Waals surface area (Å²) >= 11 is 0. The third-order valence-corrected chi connectivity index (χ3v) is 6.99. The summed E-state index contributed by atoms with van der Waals surface area (Å²) in [5, 5.41) is 24.7. The number of rotatable bonds is 8. The minimum absolute atomic E-state index is 0.0120. The molecule has 11 nitrogen and oxygen atoms in total. The molecule has 3 heterocycles. The number of aliphatic hydroxyl groups excluding tert-OH is 1. The van der Waals surface area contributed by atoms with E-state index in [-0.39, 0.29) is 30.2 Å². The van der Waals surface area contributed by atoms with Crippen LogP contribution >= 0.6 is 0 Å². The fourth-order valence-corrected chi connectivity index (χ4v) is 4.65. The molecule has 4 N–H and O–H groups in total. The Bertz CT molecular complexity index is 1120. The summed E-state index contributed by atoms with van der Waals surface area (Å²) in [6, 6.07) is 1.99. The van der Waals surface area contributed by atoms with E-state index in [0.717, 1.165) is 25.7 Å². The van der Waals surface area contributed by atoms with E-state index in [9.17, 15) is 9.90 Å². The molecule has 2 aliphatic carbocycles. The first-order chi connectivity index (χ1) is 16.5. The van der Waals surface area contributed by atoms with Crippen LogP contribution in [0.2, 0.25) is 0 Å². The van der Waals surface area contributed by atoms with Crippen molar-refractivity contribution in [2.24, 2.45) is 0 Å². The van der Waals surface area contributed by atoms with E-state index >= 15 is 0 Å². The lowest BCUT2D eigenvalue weighted by molar-refractivity contribution is -0.0568. The number of anilines is 2. The van der Waals surface area contributed by atoms with Crippen molar-refractivity contribution in [2.45, 2.75) is 56.2 Å². The van der Waals surface area contributed by atoms with Crippen LogP contribution in [0.4, 0.5) is 11.6 Å². The Labute approximate surface area is 197 Å². The number of hydrogen-bond acceptors (Lipinski definition) is 9. The molecular weight excluding hydrogens is 438 g/mol. The Morgan fingerprint density at radius 3 is 2.74 bits per heavy atom. The number of allylic oxidation sites excluding steroid dienone is 2. The molecule has 2 fully saturated rings. The van der Waals surface area contributed by atoms with E-state index in [1.54, 1.807) is 31.8 Å². The molecule has 1 unspecified atom stereocenters. The maximum absolute atomic E-state index is 13.0. The Hall–Kier alpha value is -3.15. The lowest BCUT2D eigenvalue weighted by atomic mass is 9.87. The average Bonchev–Trinajstić information content (AvgIpc) is 3.22. The maximum Gasteiger partial charge on any atom is 0.257 e. The van der Waals surface area contributed by atoms with Gasteiger partial charge in [0.1, 0.15) is 17.2 Å². The predicted molar refractivity (Wildman–Crippen MR) is 126 cm³/mol. The molecule has 2 aromatic rings. The molecule has 1 amide bonds. The highest BCUT2D eigenvalue weighted by molar-refractivity contribution is 6.00. The molecule has 3 atom stereocenters. The number of aromatic nitrogens is 3. The number of amides is 1. The van der Waals surface area contributed by atoms with E-state index in [2.05, 4.69) is 26.0 Å². The number of carbonyl (C=O) groups excluding carboxylic acids is 1. The summed E-state index contributed by atoms with van der Waals surface area (Å²) in [5.74, 6) is 0.913. The van der Waals surface area contributed by atoms with Crippen LogP contribution in [0, 0.1) is 0 Å². The van der Waals surface area contributed by atoms with E-state index < -0.39 is 6.23 Å². The SMILES string of the molecule is CNc1cc(NC2=CC=CN([C@H]3C[C@H](OC)C3)C2O)nc2c(C(=O)N[C@H]3CC[C@@H]3OC)cnn12. The van der Waals surface area contributed by atoms with Gasteiger partial charge in [0.2, 0.25) is 0 Å². The smallest absolute Gasteiger partial charge is 0.257 e. The van der Waals surface area contributed by atoms with Gasteiger partial charge in [0.15, 0.2) is 11.9 Å². The zero-order valence-electron chi connectivity index (χ0n) is 19.6. The van der Waals surface area contributed by atoms with E-state index in [1.165, 1.54) is 6.20 Å². The van der Waals surface area contributed by atoms with Gasteiger partial charge < -0.3 is 35.4 Å². The molecule has 34 heavy (non-hydrogen) atoms. The highest BCUT2D eigenvalue weighted by Crippen LogP contribution is 2.32. The van der Waals surface area contributed by atoms with Gasteiger partial charge in [-0.2, -0.15) is 9.61 Å². The lowest BCUT2D eigenvalue weighted by Crippen LogP contribution is -2.51. The van der Waals surface area contributed by atoms with Gasteiger partial charge in [-0.3, -0.25) is 4.79 Å². The zero-order valence-corrected chi connectivity index (χ0v) is 19.6. The van der Waals surface area contributed by atoms with Crippen molar-refractivity contribution in [3.8, 4) is 0 Å². The number of carbonyl (C=O) groups is 1. The highest BCUT2D eigenvalue weighted by Gasteiger charge is 2.37. The van der Waals surface area contributed by atoms with Crippen molar-refractivity contribution < 1.29 is 19.4 Å². The first kappa shape index (κ1) is 22.6. The van der Waals surface area contributed by atoms with Gasteiger partial charge >= 0.3 is 0 Å². The van der Waals surface area contributed by atoms with Crippen LogP contribution < -0.4 is 16.0 Å². The number of fused-ring (bicyclic) bond motifs is 1. The fraction of sp³-hybridized carbons (Fsp3) is 0.522. The fourth-order valence-electron chi connectivity index (χ4n) is 4.65. The molecule has 3 aliphatic rings. The third kappa shape index (κ3) is 3.99. The second-order valence-corrected chi connectivity index (χ2v) is 8.89. The normalized spacial score (nSPS) is 28.2. The van der Waals surface area contributed by atoms with Crippen LogP contribution in [0.25, 0.3) is 5.65 Å². The van der Waals surface area contributed by atoms with Crippen molar-refractivity contribution in [2.75, 3.05) is 31.9 Å². The first-order valence-electron chi connectivity index (χ1n) is 11.6. The molecular formula is C23H31N7O4. The largest absolute Gasteiger partial charge is 0.381 e. The van der Waals surface area contributed by atoms with Crippen molar-refractivity contribution >= 4 is 23.2 Å². The lowest BCUT2D eigenvalue weighted by Gasteiger charge is -2.45. The number of nitrogens with zero attached hydrogens (tertiary/aromatic N) is 4. The molecule has 2 saturated carbocycles. The Balaban J connectivity index is 1.36. The summed E-state index contributed by atoms with van der Waals surface area (Å²) in [6.45, 7) is 0. The molecule has 1 aliphatic heterocycles. The molecule has 0 saturated heterocycles. The summed E-state index contributed by atoms with van der Waals surface area (Å²) in [6.07, 6.45) is 10.1. The van der Waals surface area contributed by atoms with E-state index in [4.69, 9.17) is 9.47 Å². The Morgan fingerprint density at radius 2 is 2.06 bits per heavy atom. The molecule has 2 aromatic heterocycles. The third-order valence-electron chi connectivity index (χ3n) is 6.99. The molecule has 5 rings (SSSR count). The summed E-state index contributed by atoms with van der Waals surface area (Å²) in [7, 11) is 5.15. The van der Waals surface area contributed by atoms with Crippen LogP contribution in [0.15, 0.2) is 36.3 Å². The van der Waals surface area contributed by atoms with Crippen LogP contribution in [0.5, 0.6) is 0 Å². The quantitative estimate of drug-likeness (QED) is 0.453. The molecule has 0 aromatic carbocycles. The van der Waals surface area contributed by atoms with Gasteiger partial charge in [0, 0.05) is 39.6 Å². The van der Waals surface area contributed by atoms with Crippen molar-refractivity contribution in [1.82, 2.24) is 24.8 Å². The molecule has 182 valence electrons. The number of methoxy groups -OCH3 is 2. The number of ether oxygens (including phenoxy) is 2. The summed E-state index contributed by atoms with van der Waals surface area (Å²) < 4.78 is 12.3. The molecule has 11 heteroatoms. The van der Waals surface area contributed by atoms with Gasteiger partial charge in [-0.25, -0.2) is 4.98 Å². The summed E-state index contributed by atoms with van der Waals surface area (Å²) in [5.41, 5.74) is 1.40. The number of hydrogen-bond donors (Lipinski definition) is 4. The molecule has 0 bridgehead atoms. The van der Waals surface area contributed by atoms with Crippen molar-refractivity contribution in [3.63, 3.8) is 0 Å².